The number of nitrogens with zero attached hydrogens (tertiary/aromatic N) is 2. The predicted molar refractivity (Wildman–Crippen MR) is 41.9 cm³/mol. The molecule has 0 fully saturated rings. The largest absolute Gasteiger partial charge is 0.452 e. The molecule has 0 radical (unpaired) electrons. The fraction of sp³-hybridized carbons (Fsp3) is 0.125. The molecule has 2 aromatic heterocycles. The van der Waals surface area contributed by atoms with Crippen molar-refractivity contribution in [3.05, 3.63) is 43.4 Å². The van der Waals surface area contributed by atoms with Crippen molar-refractivity contribution in [3.8, 4) is 0 Å². The third-order valence-electron chi connectivity index (χ3n) is 1.10. The summed E-state index contributed by atoms with van der Waals surface area (Å²) in [5.41, 5.74) is 0. The maximum atomic E-state index is 4.47. The van der Waals surface area contributed by atoms with Gasteiger partial charge in [-0.05, 0) is 12.1 Å². The Morgan fingerprint density at radius 1 is 1.27 bits per heavy atom. The maximum Gasteiger partial charge on any atom is 0.180 e. The fourth-order valence-electron chi connectivity index (χ4n) is 0.596. The van der Waals surface area contributed by atoms with Crippen LogP contribution in [0.4, 0.5) is 0 Å². The van der Waals surface area contributed by atoms with Crippen LogP contribution in [0.25, 0.3) is 0 Å². The molecule has 58 valence electrons. The molecule has 2 aromatic rings. The summed E-state index contributed by atoms with van der Waals surface area (Å²) in [5.74, 6) is 0. The molecule has 2 rings (SSSR count). The van der Waals surface area contributed by atoms with E-state index in [1.807, 2.05) is 36.1 Å². The minimum atomic E-state index is 1.38. The minimum Gasteiger partial charge on any atom is -0.452 e. The van der Waals surface area contributed by atoms with Crippen LogP contribution in [0, 0.1) is 0 Å². The van der Waals surface area contributed by atoms with Gasteiger partial charge in [0.15, 0.2) is 6.39 Å². The zero-order chi connectivity index (χ0) is 7.94. The van der Waals surface area contributed by atoms with E-state index in [9.17, 15) is 0 Å². The second kappa shape index (κ2) is 4.33. The van der Waals surface area contributed by atoms with Crippen molar-refractivity contribution in [2.24, 2.45) is 7.05 Å². The lowest BCUT2D eigenvalue weighted by atomic mass is 10.7. The molecule has 0 aromatic carbocycles. The zero-order valence-corrected chi connectivity index (χ0v) is 6.34. The molecule has 0 saturated carbocycles. The highest BCUT2D eigenvalue weighted by Crippen LogP contribution is 1.80. The van der Waals surface area contributed by atoms with Gasteiger partial charge in [0.25, 0.3) is 0 Å². The van der Waals surface area contributed by atoms with Gasteiger partial charge in [0.1, 0.15) is 6.26 Å². The maximum absolute atomic E-state index is 4.47. The van der Waals surface area contributed by atoms with Gasteiger partial charge in [0, 0.05) is 19.4 Å². The Hall–Kier alpha value is -1.51. The van der Waals surface area contributed by atoms with E-state index in [2.05, 4.69) is 9.40 Å². The number of rotatable bonds is 0. The zero-order valence-electron chi connectivity index (χ0n) is 6.34. The summed E-state index contributed by atoms with van der Waals surface area (Å²) < 4.78 is 6.47. The van der Waals surface area contributed by atoms with Crippen LogP contribution in [0.3, 0.4) is 0 Å². The highest BCUT2D eigenvalue weighted by molar-refractivity contribution is 4.88. The molecule has 0 aliphatic rings. The Labute approximate surface area is 65.3 Å². The molecule has 11 heavy (non-hydrogen) atoms. The van der Waals surface area contributed by atoms with E-state index in [1.165, 1.54) is 12.7 Å². The summed E-state index contributed by atoms with van der Waals surface area (Å²) in [7, 11) is 2.00. The number of aromatic nitrogens is 2. The van der Waals surface area contributed by atoms with Gasteiger partial charge in [-0.15, -0.1) is 0 Å². The van der Waals surface area contributed by atoms with E-state index in [1.54, 1.807) is 6.20 Å². The molecule has 3 heteroatoms. The quantitative estimate of drug-likeness (QED) is 0.572. The van der Waals surface area contributed by atoms with Gasteiger partial charge >= 0.3 is 0 Å². The molecule has 0 aliphatic heterocycles. The predicted octanol–water partition coefficient (Wildman–Crippen LogP) is 1.70. The van der Waals surface area contributed by atoms with Crippen LogP contribution < -0.4 is 0 Å². The van der Waals surface area contributed by atoms with Crippen molar-refractivity contribution in [1.82, 2.24) is 9.55 Å². The van der Waals surface area contributed by atoms with Gasteiger partial charge < -0.3 is 8.98 Å². The van der Waals surface area contributed by atoms with E-state index in [0.29, 0.717) is 0 Å². The van der Waals surface area contributed by atoms with Crippen LogP contribution in [0.1, 0.15) is 0 Å². The van der Waals surface area contributed by atoms with Crippen molar-refractivity contribution in [2.75, 3.05) is 0 Å². The van der Waals surface area contributed by atoms with E-state index in [0.717, 1.165) is 0 Å². The van der Waals surface area contributed by atoms with Crippen LogP contribution in [-0.2, 0) is 7.05 Å². The standard InChI is InChI=1S/C5H7N.C3H3NO/c1-6-4-2-3-5-6;1-2-5-3-4-1/h2-5H,1H3;1-3H. The van der Waals surface area contributed by atoms with Crippen LogP contribution in [0.15, 0.2) is 47.8 Å². The minimum absolute atomic E-state index is 1.38. The average molecular weight is 150 g/mol. The van der Waals surface area contributed by atoms with Crippen molar-refractivity contribution >= 4 is 0 Å². The lowest BCUT2D eigenvalue weighted by Crippen LogP contribution is -1.75. The molecule has 0 N–H and O–H groups in total. The first-order chi connectivity index (χ1) is 5.39. The van der Waals surface area contributed by atoms with E-state index in [4.69, 9.17) is 0 Å². The molecule has 0 unspecified atom stereocenters. The second-order valence-electron chi connectivity index (χ2n) is 2.02. The lowest BCUT2D eigenvalue weighted by molar-refractivity contribution is 0.558. The highest BCUT2D eigenvalue weighted by atomic mass is 16.3. The normalized spacial score (nSPS) is 8.45. The summed E-state index contributed by atoms with van der Waals surface area (Å²) in [4.78, 5) is 3.56. The monoisotopic (exact) mass is 150 g/mol. The summed E-state index contributed by atoms with van der Waals surface area (Å²) >= 11 is 0. The number of oxazole rings is 1. The van der Waals surface area contributed by atoms with Crippen LogP contribution in [-0.4, -0.2) is 9.55 Å². The molecule has 0 amide bonds. The average Bonchev–Trinajstić information content (AvgIpc) is 2.57. The van der Waals surface area contributed by atoms with Gasteiger partial charge in [-0.25, -0.2) is 4.98 Å². The first-order valence-electron chi connectivity index (χ1n) is 3.28. The number of hydrogen-bond donors (Lipinski definition) is 0. The molecule has 0 aliphatic carbocycles. The molecule has 3 nitrogen and oxygen atoms in total. The summed E-state index contributed by atoms with van der Waals surface area (Å²) in [6, 6.07) is 4.00. The first kappa shape index (κ1) is 7.60. The van der Waals surface area contributed by atoms with Crippen molar-refractivity contribution in [1.29, 1.82) is 0 Å². The topological polar surface area (TPSA) is 31.0 Å². The third-order valence-corrected chi connectivity index (χ3v) is 1.10. The van der Waals surface area contributed by atoms with E-state index in [-0.39, 0.29) is 0 Å². The van der Waals surface area contributed by atoms with Crippen LogP contribution in [0.5, 0.6) is 0 Å². The highest BCUT2D eigenvalue weighted by Gasteiger charge is 1.68. The Kier molecular flexibility index (Phi) is 2.99. The van der Waals surface area contributed by atoms with E-state index >= 15 is 0 Å². The van der Waals surface area contributed by atoms with Gasteiger partial charge in [0.2, 0.25) is 0 Å². The summed E-state index contributed by atoms with van der Waals surface area (Å²) in [6.07, 6.45) is 8.47. The van der Waals surface area contributed by atoms with Crippen molar-refractivity contribution in [2.45, 2.75) is 0 Å². The Morgan fingerprint density at radius 3 is 2.18 bits per heavy atom. The first-order valence-corrected chi connectivity index (χ1v) is 3.28. The number of aryl methyl sites for hydroxylation is 1. The Bertz CT molecular complexity index is 230. The fourth-order valence-corrected chi connectivity index (χ4v) is 0.596. The second-order valence-corrected chi connectivity index (χ2v) is 2.02. The molecule has 0 atom stereocenters. The summed E-state index contributed by atoms with van der Waals surface area (Å²) in [5, 5.41) is 0. The molecule has 0 bridgehead atoms. The molecule has 0 spiro atoms. The smallest absolute Gasteiger partial charge is 0.180 e. The van der Waals surface area contributed by atoms with Crippen molar-refractivity contribution < 1.29 is 4.42 Å². The SMILES string of the molecule is Cn1cccc1.c1cocn1. The molecule has 2 heterocycles. The molecular weight excluding hydrogens is 140 g/mol. The number of hydrogen-bond acceptors (Lipinski definition) is 2. The molecular formula is C8H10N2O. The Balaban J connectivity index is 0.000000112. The van der Waals surface area contributed by atoms with Crippen molar-refractivity contribution in [3.63, 3.8) is 0 Å². The molecule has 0 saturated heterocycles. The van der Waals surface area contributed by atoms with Crippen LogP contribution in [0.2, 0.25) is 0 Å². The summed E-state index contributed by atoms with van der Waals surface area (Å²) in [6.45, 7) is 0. The third kappa shape index (κ3) is 3.25. The lowest BCUT2D eigenvalue weighted by Gasteiger charge is -1.79. The Morgan fingerprint density at radius 2 is 2.00 bits per heavy atom. The van der Waals surface area contributed by atoms with Gasteiger partial charge in [-0.1, -0.05) is 0 Å². The van der Waals surface area contributed by atoms with E-state index < -0.39 is 0 Å². The van der Waals surface area contributed by atoms with Gasteiger partial charge in [-0.3, -0.25) is 0 Å². The van der Waals surface area contributed by atoms with Gasteiger partial charge in [0.05, 0.1) is 6.20 Å². The van der Waals surface area contributed by atoms with Crippen LogP contribution >= 0.6 is 0 Å². The van der Waals surface area contributed by atoms with Gasteiger partial charge in [-0.2, -0.15) is 0 Å².